The van der Waals surface area contributed by atoms with Gasteiger partial charge >= 0.3 is 5.97 Å². The quantitative estimate of drug-likeness (QED) is 0.795. The van der Waals surface area contributed by atoms with Gasteiger partial charge in [-0.3, -0.25) is 0 Å². The molecule has 0 spiro atoms. The Morgan fingerprint density at radius 3 is 2.35 bits per heavy atom. The number of hydrogen-bond acceptors (Lipinski definition) is 3. The number of rotatable bonds is 4. The lowest BCUT2D eigenvalue weighted by atomic mass is 10.2. The molecule has 0 aliphatic carbocycles. The number of carbonyl (C=O) groups is 1. The molecule has 0 fully saturated rings. The summed E-state index contributed by atoms with van der Waals surface area (Å²) in [6, 6.07) is 15.0. The molecule has 2 aromatic carbocycles. The second-order valence-electron chi connectivity index (χ2n) is 4.61. The monoisotopic (exact) mass is 333 g/mol. The summed E-state index contributed by atoms with van der Waals surface area (Å²) in [7, 11) is 3.92. The Labute approximate surface area is 127 Å². The van der Waals surface area contributed by atoms with E-state index >= 15 is 0 Å². The minimum absolute atomic E-state index is 0.260. The number of carbonyl (C=O) groups excluding carboxylic acids is 1. The highest BCUT2D eigenvalue weighted by Crippen LogP contribution is 2.18. The normalized spacial score (nSPS) is 10.2. The maximum Gasteiger partial charge on any atom is 0.338 e. The summed E-state index contributed by atoms with van der Waals surface area (Å²) < 4.78 is 6.25. The van der Waals surface area contributed by atoms with Gasteiger partial charge in [0, 0.05) is 29.8 Å². The van der Waals surface area contributed by atoms with E-state index in [-0.39, 0.29) is 12.6 Å². The van der Waals surface area contributed by atoms with E-state index in [4.69, 9.17) is 4.74 Å². The van der Waals surface area contributed by atoms with Crippen molar-refractivity contribution in [2.45, 2.75) is 6.61 Å². The minimum Gasteiger partial charge on any atom is -0.457 e. The lowest BCUT2D eigenvalue weighted by molar-refractivity contribution is 0.0472. The Balaban J connectivity index is 2.00. The summed E-state index contributed by atoms with van der Waals surface area (Å²) in [5.41, 5.74) is 2.56. The van der Waals surface area contributed by atoms with Crippen LogP contribution in [-0.2, 0) is 11.3 Å². The highest BCUT2D eigenvalue weighted by atomic mass is 79.9. The first kappa shape index (κ1) is 14.6. The summed E-state index contributed by atoms with van der Waals surface area (Å²) in [6.45, 7) is 0.260. The van der Waals surface area contributed by atoms with E-state index in [1.54, 1.807) is 12.1 Å². The zero-order chi connectivity index (χ0) is 14.5. The lowest BCUT2D eigenvalue weighted by Crippen LogP contribution is -2.09. The van der Waals surface area contributed by atoms with E-state index in [0.29, 0.717) is 5.56 Å². The summed E-state index contributed by atoms with van der Waals surface area (Å²) in [5, 5.41) is 0. The summed E-state index contributed by atoms with van der Waals surface area (Å²) in [6.07, 6.45) is 0. The molecule has 0 amide bonds. The molecular formula is C16H16BrNO2. The molecule has 20 heavy (non-hydrogen) atoms. The van der Waals surface area contributed by atoms with E-state index in [9.17, 15) is 4.79 Å². The van der Waals surface area contributed by atoms with Crippen LogP contribution in [-0.4, -0.2) is 20.1 Å². The third-order valence-electron chi connectivity index (χ3n) is 2.94. The maximum absolute atomic E-state index is 12.0. The van der Waals surface area contributed by atoms with Crippen LogP contribution in [0.4, 0.5) is 5.69 Å². The minimum atomic E-state index is -0.314. The van der Waals surface area contributed by atoms with Crippen LogP contribution in [0.3, 0.4) is 0 Å². The van der Waals surface area contributed by atoms with Crippen molar-refractivity contribution >= 4 is 27.6 Å². The molecule has 0 saturated heterocycles. The predicted molar refractivity (Wildman–Crippen MR) is 84.0 cm³/mol. The summed E-state index contributed by atoms with van der Waals surface area (Å²) in [5.74, 6) is -0.314. The van der Waals surface area contributed by atoms with Crippen LogP contribution in [0.5, 0.6) is 0 Å². The van der Waals surface area contributed by atoms with E-state index < -0.39 is 0 Å². The van der Waals surface area contributed by atoms with Gasteiger partial charge in [-0.25, -0.2) is 4.79 Å². The highest BCUT2D eigenvalue weighted by molar-refractivity contribution is 9.10. The third-order valence-corrected chi connectivity index (χ3v) is 3.71. The number of benzene rings is 2. The van der Waals surface area contributed by atoms with Crippen LogP contribution < -0.4 is 4.90 Å². The third kappa shape index (κ3) is 3.61. The van der Waals surface area contributed by atoms with Crippen LogP contribution in [0.25, 0.3) is 0 Å². The molecule has 0 saturated carbocycles. The number of halogens is 1. The average molecular weight is 334 g/mol. The Bertz CT molecular complexity index is 594. The van der Waals surface area contributed by atoms with Gasteiger partial charge in [0.25, 0.3) is 0 Å². The van der Waals surface area contributed by atoms with Gasteiger partial charge in [-0.1, -0.05) is 34.1 Å². The first-order valence-electron chi connectivity index (χ1n) is 6.26. The molecule has 0 N–H and O–H groups in total. The van der Waals surface area contributed by atoms with E-state index in [2.05, 4.69) is 15.9 Å². The van der Waals surface area contributed by atoms with Crippen LogP contribution in [0.15, 0.2) is 53.0 Å². The van der Waals surface area contributed by atoms with Crippen molar-refractivity contribution in [1.29, 1.82) is 0 Å². The zero-order valence-electron chi connectivity index (χ0n) is 11.5. The first-order valence-corrected chi connectivity index (χ1v) is 7.05. The van der Waals surface area contributed by atoms with Crippen molar-refractivity contribution in [2.75, 3.05) is 19.0 Å². The maximum atomic E-state index is 12.0. The van der Waals surface area contributed by atoms with E-state index in [1.165, 1.54) is 0 Å². The van der Waals surface area contributed by atoms with Crippen molar-refractivity contribution < 1.29 is 9.53 Å². The van der Waals surface area contributed by atoms with Crippen LogP contribution in [0.1, 0.15) is 15.9 Å². The molecule has 2 aromatic rings. The van der Waals surface area contributed by atoms with E-state index in [1.807, 2.05) is 55.4 Å². The summed E-state index contributed by atoms with van der Waals surface area (Å²) >= 11 is 3.43. The SMILES string of the molecule is CN(C)c1ccc(C(=O)OCc2ccccc2Br)cc1. The predicted octanol–water partition coefficient (Wildman–Crippen LogP) is 3.87. The largest absolute Gasteiger partial charge is 0.457 e. The fourth-order valence-electron chi connectivity index (χ4n) is 1.74. The van der Waals surface area contributed by atoms with Crippen LogP contribution in [0.2, 0.25) is 0 Å². The molecule has 0 atom stereocenters. The number of anilines is 1. The van der Waals surface area contributed by atoms with Crippen molar-refractivity contribution in [3.8, 4) is 0 Å². The lowest BCUT2D eigenvalue weighted by Gasteiger charge is -2.12. The molecule has 0 radical (unpaired) electrons. The molecule has 3 nitrogen and oxygen atoms in total. The highest BCUT2D eigenvalue weighted by Gasteiger charge is 2.08. The molecular weight excluding hydrogens is 318 g/mol. The Morgan fingerprint density at radius 1 is 1.10 bits per heavy atom. The molecule has 0 bridgehead atoms. The van der Waals surface area contributed by atoms with Gasteiger partial charge in [-0.2, -0.15) is 0 Å². The van der Waals surface area contributed by atoms with E-state index in [0.717, 1.165) is 15.7 Å². The van der Waals surface area contributed by atoms with Gasteiger partial charge in [0.15, 0.2) is 0 Å². The molecule has 2 rings (SSSR count). The number of nitrogens with zero attached hydrogens (tertiary/aromatic N) is 1. The molecule has 0 heterocycles. The Hall–Kier alpha value is -1.81. The van der Waals surface area contributed by atoms with Gasteiger partial charge in [0.2, 0.25) is 0 Å². The van der Waals surface area contributed by atoms with Gasteiger partial charge in [0.05, 0.1) is 5.56 Å². The average Bonchev–Trinajstić information content (AvgIpc) is 2.46. The zero-order valence-corrected chi connectivity index (χ0v) is 13.1. The van der Waals surface area contributed by atoms with Gasteiger partial charge < -0.3 is 9.64 Å². The van der Waals surface area contributed by atoms with Crippen molar-refractivity contribution in [3.05, 3.63) is 64.1 Å². The Morgan fingerprint density at radius 2 is 1.75 bits per heavy atom. The smallest absolute Gasteiger partial charge is 0.338 e. The molecule has 0 aliphatic heterocycles. The van der Waals surface area contributed by atoms with Gasteiger partial charge in [-0.15, -0.1) is 0 Å². The van der Waals surface area contributed by atoms with Crippen molar-refractivity contribution in [1.82, 2.24) is 0 Å². The standard InChI is InChI=1S/C16H16BrNO2/c1-18(2)14-9-7-12(8-10-14)16(19)20-11-13-5-3-4-6-15(13)17/h3-10H,11H2,1-2H3. The molecule has 0 aromatic heterocycles. The van der Waals surface area contributed by atoms with Gasteiger partial charge in [-0.05, 0) is 30.3 Å². The second-order valence-corrected chi connectivity index (χ2v) is 5.46. The molecule has 4 heteroatoms. The summed E-state index contributed by atoms with van der Waals surface area (Å²) in [4.78, 5) is 13.9. The fraction of sp³-hybridized carbons (Fsp3) is 0.188. The van der Waals surface area contributed by atoms with Crippen LogP contribution in [0, 0.1) is 0 Å². The topological polar surface area (TPSA) is 29.5 Å². The van der Waals surface area contributed by atoms with Crippen molar-refractivity contribution in [2.24, 2.45) is 0 Å². The molecule has 104 valence electrons. The molecule has 0 aliphatic rings. The van der Waals surface area contributed by atoms with Crippen molar-refractivity contribution in [3.63, 3.8) is 0 Å². The van der Waals surface area contributed by atoms with Crippen LogP contribution >= 0.6 is 15.9 Å². The van der Waals surface area contributed by atoms with Gasteiger partial charge in [0.1, 0.15) is 6.61 Å². The number of ether oxygens (including phenoxy) is 1. The number of hydrogen-bond donors (Lipinski definition) is 0. The second kappa shape index (κ2) is 6.57. The fourth-order valence-corrected chi connectivity index (χ4v) is 2.14. The number of esters is 1. The first-order chi connectivity index (χ1) is 9.58. The molecule has 0 unspecified atom stereocenters. The Kier molecular flexibility index (Phi) is 4.79.